The molecule has 0 saturated carbocycles. The summed E-state index contributed by atoms with van der Waals surface area (Å²) in [4.78, 5) is 26.8. The molecule has 2 amide bonds. The van der Waals surface area contributed by atoms with Crippen LogP contribution in [0.4, 0.5) is 5.69 Å². The minimum absolute atomic E-state index is 0.0576. The molecule has 1 atom stereocenters. The average Bonchev–Trinajstić information content (AvgIpc) is 3.02. The number of hydrogen-bond donors (Lipinski definition) is 2. The highest BCUT2D eigenvalue weighted by atomic mass is 16.2. The van der Waals surface area contributed by atoms with E-state index in [4.69, 9.17) is 0 Å². The lowest BCUT2D eigenvalue weighted by Crippen LogP contribution is -2.36. The van der Waals surface area contributed by atoms with E-state index >= 15 is 0 Å². The van der Waals surface area contributed by atoms with Gasteiger partial charge in [0.1, 0.15) is 0 Å². The first-order chi connectivity index (χ1) is 13.6. The summed E-state index contributed by atoms with van der Waals surface area (Å²) in [6, 6.07) is 17.1. The predicted octanol–water partition coefficient (Wildman–Crippen LogP) is 3.99. The van der Waals surface area contributed by atoms with Gasteiger partial charge in [0.15, 0.2) is 0 Å². The monoisotopic (exact) mass is 379 g/mol. The fourth-order valence-electron chi connectivity index (χ4n) is 3.45. The van der Waals surface area contributed by atoms with Crippen LogP contribution < -0.4 is 10.6 Å². The Balaban J connectivity index is 1.50. The zero-order valence-electron chi connectivity index (χ0n) is 16.5. The minimum Gasteiger partial charge on any atom is -0.376 e. The van der Waals surface area contributed by atoms with Crippen LogP contribution in [0.2, 0.25) is 0 Å². The first kappa shape index (κ1) is 19.9. The molecule has 0 aromatic heterocycles. The second kappa shape index (κ2) is 9.93. The fourth-order valence-corrected chi connectivity index (χ4v) is 3.45. The van der Waals surface area contributed by atoms with Crippen molar-refractivity contribution in [3.8, 4) is 0 Å². The molecule has 0 aliphatic carbocycles. The van der Waals surface area contributed by atoms with Gasteiger partial charge in [0, 0.05) is 24.3 Å². The maximum Gasteiger partial charge on any atom is 0.251 e. The second-order valence-corrected chi connectivity index (χ2v) is 7.33. The van der Waals surface area contributed by atoms with Gasteiger partial charge < -0.3 is 15.5 Å². The molecule has 1 fully saturated rings. The number of nitrogens with one attached hydrogen (secondary N) is 2. The normalized spacial score (nSPS) is 15.4. The number of carbonyl (C=O) groups excluding carboxylic acids is 2. The maximum atomic E-state index is 12.5. The summed E-state index contributed by atoms with van der Waals surface area (Å²) in [5.41, 5.74) is 2.52. The Bertz CT molecular complexity index is 766. The molecule has 2 N–H and O–H groups in total. The second-order valence-electron chi connectivity index (χ2n) is 7.33. The van der Waals surface area contributed by atoms with Crippen LogP contribution >= 0.6 is 0 Å². The third-order valence-electron chi connectivity index (χ3n) is 5.20. The summed E-state index contributed by atoms with van der Waals surface area (Å²) in [7, 11) is 0. The lowest BCUT2D eigenvalue weighted by Gasteiger charge is -2.20. The topological polar surface area (TPSA) is 61.4 Å². The Morgan fingerprint density at radius 2 is 1.57 bits per heavy atom. The van der Waals surface area contributed by atoms with Crippen molar-refractivity contribution in [1.82, 2.24) is 10.2 Å². The van der Waals surface area contributed by atoms with Crippen molar-refractivity contribution in [2.24, 2.45) is 0 Å². The van der Waals surface area contributed by atoms with Crippen LogP contribution in [0.15, 0.2) is 54.6 Å². The molecule has 2 aromatic carbocycles. The highest BCUT2D eigenvalue weighted by Gasteiger charge is 2.15. The standard InChI is InChI=1S/C23H29N3O2/c1-18(19-9-5-4-6-10-19)25-23(28)20-11-13-21(14-12-20)24-17-22(27)26-15-7-2-3-8-16-26/h4-6,9-14,18,24H,2-3,7-8,15-17H2,1H3,(H,25,28). The van der Waals surface area contributed by atoms with Crippen molar-refractivity contribution >= 4 is 17.5 Å². The number of nitrogens with zero attached hydrogens (tertiary/aromatic N) is 1. The molecular weight excluding hydrogens is 350 g/mol. The van der Waals surface area contributed by atoms with Crippen molar-refractivity contribution < 1.29 is 9.59 Å². The van der Waals surface area contributed by atoms with Gasteiger partial charge in [-0.3, -0.25) is 9.59 Å². The molecule has 5 nitrogen and oxygen atoms in total. The molecule has 1 aliphatic rings. The summed E-state index contributed by atoms with van der Waals surface area (Å²) in [6.07, 6.45) is 4.61. The first-order valence-electron chi connectivity index (χ1n) is 10.1. The number of amides is 2. The van der Waals surface area contributed by atoms with Crippen molar-refractivity contribution in [2.75, 3.05) is 25.0 Å². The molecular formula is C23H29N3O2. The number of benzene rings is 2. The van der Waals surface area contributed by atoms with Crippen LogP contribution in [0.3, 0.4) is 0 Å². The molecule has 0 spiro atoms. The molecule has 1 aliphatic heterocycles. The predicted molar refractivity (Wildman–Crippen MR) is 112 cm³/mol. The van der Waals surface area contributed by atoms with E-state index in [0.29, 0.717) is 5.56 Å². The van der Waals surface area contributed by atoms with E-state index in [9.17, 15) is 9.59 Å². The Morgan fingerprint density at radius 3 is 2.21 bits per heavy atom. The van der Waals surface area contributed by atoms with Gasteiger partial charge in [-0.2, -0.15) is 0 Å². The summed E-state index contributed by atoms with van der Waals surface area (Å²) < 4.78 is 0. The van der Waals surface area contributed by atoms with Crippen molar-refractivity contribution in [2.45, 2.75) is 38.6 Å². The van der Waals surface area contributed by atoms with Crippen LogP contribution in [-0.4, -0.2) is 36.3 Å². The smallest absolute Gasteiger partial charge is 0.251 e. The van der Waals surface area contributed by atoms with E-state index in [1.54, 1.807) is 12.1 Å². The average molecular weight is 380 g/mol. The number of hydrogen-bond acceptors (Lipinski definition) is 3. The molecule has 1 heterocycles. The van der Waals surface area contributed by atoms with Gasteiger partial charge in [-0.05, 0) is 49.6 Å². The van der Waals surface area contributed by atoms with Crippen LogP contribution in [0.1, 0.15) is 54.6 Å². The quantitative estimate of drug-likeness (QED) is 0.798. The lowest BCUT2D eigenvalue weighted by molar-refractivity contribution is -0.129. The Kier molecular flexibility index (Phi) is 7.06. The van der Waals surface area contributed by atoms with Crippen molar-refractivity contribution in [1.29, 1.82) is 0 Å². The van der Waals surface area contributed by atoms with Gasteiger partial charge >= 0.3 is 0 Å². The van der Waals surface area contributed by atoms with E-state index in [2.05, 4.69) is 10.6 Å². The van der Waals surface area contributed by atoms with E-state index < -0.39 is 0 Å². The summed E-state index contributed by atoms with van der Waals surface area (Å²) in [5, 5.41) is 6.18. The van der Waals surface area contributed by atoms with E-state index in [1.807, 2.05) is 54.3 Å². The van der Waals surface area contributed by atoms with E-state index in [0.717, 1.165) is 37.2 Å². The molecule has 2 aromatic rings. The zero-order chi connectivity index (χ0) is 19.8. The van der Waals surface area contributed by atoms with Crippen LogP contribution in [0.25, 0.3) is 0 Å². The Labute approximate surface area is 167 Å². The van der Waals surface area contributed by atoms with E-state index in [1.165, 1.54) is 12.8 Å². The molecule has 1 saturated heterocycles. The summed E-state index contributed by atoms with van der Waals surface area (Å²) in [5.74, 6) is 0.0314. The molecule has 5 heteroatoms. The molecule has 28 heavy (non-hydrogen) atoms. The third-order valence-corrected chi connectivity index (χ3v) is 5.20. The SMILES string of the molecule is CC(NC(=O)c1ccc(NCC(=O)N2CCCCCC2)cc1)c1ccccc1. The van der Waals surface area contributed by atoms with Crippen molar-refractivity contribution in [3.05, 3.63) is 65.7 Å². The number of likely N-dealkylation sites (tertiary alicyclic amines) is 1. The molecule has 0 bridgehead atoms. The fraction of sp³-hybridized carbons (Fsp3) is 0.391. The summed E-state index contributed by atoms with van der Waals surface area (Å²) >= 11 is 0. The zero-order valence-corrected chi connectivity index (χ0v) is 16.5. The Morgan fingerprint density at radius 1 is 0.929 bits per heavy atom. The third kappa shape index (κ3) is 5.59. The number of carbonyl (C=O) groups is 2. The van der Waals surface area contributed by atoms with Gasteiger partial charge in [0.25, 0.3) is 5.91 Å². The molecule has 0 radical (unpaired) electrons. The molecule has 3 rings (SSSR count). The molecule has 148 valence electrons. The largest absolute Gasteiger partial charge is 0.376 e. The maximum absolute atomic E-state index is 12.5. The lowest BCUT2D eigenvalue weighted by atomic mass is 10.1. The van der Waals surface area contributed by atoms with Crippen LogP contribution in [0, 0.1) is 0 Å². The highest BCUT2D eigenvalue weighted by Crippen LogP contribution is 2.15. The van der Waals surface area contributed by atoms with E-state index in [-0.39, 0.29) is 24.4 Å². The van der Waals surface area contributed by atoms with Crippen molar-refractivity contribution in [3.63, 3.8) is 0 Å². The van der Waals surface area contributed by atoms with Gasteiger partial charge in [-0.25, -0.2) is 0 Å². The first-order valence-corrected chi connectivity index (χ1v) is 10.1. The van der Waals surface area contributed by atoms with Gasteiger partial charge in [0.05, 0.1) is 12.6 Å². The Hall–Kier alpha value is -2.82. The van der Waals surface area contributed by atoms with Crippen LogP contribution in [-0.2, 0) is 4.79 Å². The molecule has 1 unspecified atom stereocenters. The number of rotatable bonds is 6. The number of anilines is 1. The van der Waals surface area contributed by atoms with Gasteiger partial charge in [-0.1, -0.05) is 43.2 Å². The summed E-state index contributed by atoms with van der Waals surface area (Å²) in [6.45, 7) is 3.98. The van der Waals surface area contributed by atoms with Crippen LogP contribution in [0.5, 0.6) is 0 Å². The van der Waals surface area contributed by atoms with Gasteiger partial charge in [-0.15, -0.1) is 0 Å². The van der Waals surface area contributed by atoms with Gasteiger partial charge in [0.2, 0.25) is 5.91 Å². The highest BCUT2D eigenvalue weighted by molar-refractivity contribution is 5.94. The minimum atomic E-state index is -0.108.